The lowest BCUT2D eigenvalue weighted by Crippen LogP contribution is -2.41. The number of aliphatic carboxylic acids is 1. The first-order valence-electron chi connectivity index (χ1n) is 7.24. The summed E-state index contributed by atoms with van der Waals surface area (Å²) in [5, 5.41) is 9.13. The standard InChI is InChI=1S/C16H23NO2/c1-2-13-8-10-15(11-9-13)17(12-16(18)19)14-6-4-3-5-7-14/h3-7,13,15H,2,8-12H2,1H3,(H,18,19). The van der Waals surface area contributed by atoms with E-state index in [4.69, 9.17) is 5.11 Å². The maximum atomic E-state index is 11.1. The van der Waals surface area contributed by atoms with Crippen molar-refractivity contribution in [2.45, 2.75) is 45.1 Å². The molecule has 0 unspecified atom stereocenters. The molecule has 0 atom stereocenters. The van der Waals surface area contributed by atoms with Gasteiger partial charge in [0.2, 0.25) is 0 Å². The monoisotopic (exact) mass is 261 g/mol. The number of nitrogens with zero attached hydrogens (tertiary/aromatic N) is 1. The van der Waals surface area contributed by atoms with Crippen molar-refractivity contribution in [3.05, 3.63) is 30.3 Å². The Kier molecular flexibility index (Phi) is 4.83. The van der Waals surface area contributed by atoms with Crippen LogP contribution >= 0.6 is 0 Å². The molecular formula is C16H23NO2. The molecule has 1 fully saturated rings. The Balaban J connectivity index is 2.08. The fourth-order valence-electron chi connectivity index (χ4n) is 3.06. The smallest absolute Gasteiger partial charge is 0.323 e. The van der Waals surface area contributed by atoms with Gasteiger partial charge in [-0.15, -0.1) is 0 Å². The normalized spacial score (nSPS) is 23.0. The summed E-state index contributed by atoms with van der Waals surface area (Å²) in [6, 6.07) is 10.3. The molecule has 0 saturated heterocycles. The number of para-hydroxylation sites is 1. The van der Waals surface area contributed by atoms with Crippen LogP contribution in [-0.4, -0.2) is 23.7 Å². The average molecular weight is 261 g/mol. The molecule has 3 nitrogen and oxygen atoms in total. The van der Waals surface area contributed by atoms with Crippen molar-refractivity contribution < 1.29 is 9.90 Å². The van der Waals surface area contributed by atoms with E-state index in [1.807, 2.05) is 30.3 Å². The van der Waals surface area contributed by atoms with Gasteiger partial charge in [-0.25, -0.2) is 0 Å². The van der Waals surface area contributed by atoms with Gasteiger partial charge in [-0.3, -0.25) is 4.79 Å². The highest BCUT2D eigenvalue weighted by Crippen LogP contribution is 2.31. The van der Waals surface area contributed by atoms with Crippen molar-refractivity contribution in [1.82, 2.24) is 0 Å². The molecule has 0 heterocycles. The topological polar surface area (TPSA) is 40.5 Å². The predicted molar refractivity (Wildman–Crippen MR) is 77.5 cm³/mol. The van der Waals surface area contributed by atoms with Gasteiger partial charge in [-0.05, 0) is 43.7 Å². The van der Waals surface area contributed by atoms with E-state index in [1.54, 1.807) is 0 Å². The SMILES string of the molecule is CCC1CCC(N(CC(=O)O)c2ccccc2)CC1. The highest BCUT2D eigenvalue weighted by atomic mass is 16.4. The third kappa shape index (κ3) is 3.72. The predicted octanol–water partition coefficient (Wildman–Crippen LogP) is 3.55. The van der Waals surface area contributed by atoms with E-state index in [-0.39, 0.29) is 6.54 Å². The van der Waals surface area contributed by atoms with Crippen LogP contribution in [0.5, 0.6) is 0 Å². The number of hydrogen-bond acceptors (Lipinski definition) is 2. The first-order valence-corrected chi connectivity index (χ1v) is 7.24. The number of benzene rings is 1. The number of anilines is 1. The number of rotatable bonds is 5. The Bertz CT molecular complexity index is 396. The minimum atomic E-state index is -0.749. The summed E-state index contributed by atoms with van der Waals surface area (Å²) < 4.78 is 0. The molecule has 1 aliphatic rings. The van der Waals surface area contributed by atoms with Gasteiger partial charge in [0.05, 0.1) is 0 Å². The quantitative estimate of drug-likeness (QED) is 0.881. The lowest BCUT2D eigenvalue weighted by Gasteiger charge is -2.37. The highest BCUT2D eigenvalue weighted by Gasteiger charge is 2.26. The van der Waals surface area contributed by atoms with E-state index >= 15 is 0 Å². The van der Waals surface area contributed by atoms with E-state index in [2.05, 4.69) is 11.8 Å². The van der Waals surface area contributed by atoms with Gasteiger partial charge in [0.15, 0.2) is 0 Å². The Labute approximate surface area is 115 Å². The van der Waals surface area contributed by atoms with E-state index < -0.39 is 5.97 Å². The Morgan fingerprint density at radius 1 is 1.21 bits per heavy atom. The maximum absolute atomic E-state index is 11.1. The van der Waals surface area contributed by atoms with Crippen LogP contribution in [0.3, 0.4) is 0 Å². The molecule has 3 heteroatoms. The summed E-state index contributed by atoms with van der Waals surface area (Å²) in [6.45, 7) is 2.35. The fraction of sp³-hybridized carbons (Fsp3) is 0.562. The summed E-state index contributed by atoms with van der Waals surface area (Å²) in [5.74, 6) is 0.0835. The number of carboxylic acids is 1. The van der Waals surface area contributed by atoms with E-state index in [9.17, 15) is 4.79 Å². The largest absolute Gasteiger partial charge is 0.480 e. The summed E-state index contributed by atoms with van der Waals surface area (Å²) >= 11 is 0. The third-order valence-electron chi connectivity index (χ3n) is 4.23. The van der Waals surface area contributed by atoms with Crippen LogP contribution in [0.1, 0.15) is 39.0 Å². The first-order chi connectivity index (χ1) is 9.20. The van der Waals surface area contributed by atoms with Gasteiger partial charge in [-0.2, -0.15) is 0 Å². The molecule has 1 aromatic carbocycles. The molecule has 0 aliphatic heterocycles. The molecule has 1 saturated carbocycles. The summed E-state index contributed by atoms with van der Waals surface area (Å²) in [6.07, 6.45) is 5.92. The molecule has 2 rings (SSSR count). The van der Waals surface area contributed by atoms with Crippen LogP contribution in [0.4, 0.5) is 5.69 Å². The summed E-state index contributed by atoms with van der Waals surface area (Å²) in [5.41, 5.74) is 1.03. The molecule has 1 N–H and O–H groups in total. The zero-order valence-corrected chi connectivity index (χ0v) is 11.6. The Morgan fingerprint density at radius 3 is 2.37 bits per heavy atom. The lowest BCUT2D eigenvalue weighted by atomic mass is 9.84. The second kappa shape index (κ2) is 6.60. The fourth-order valence-corrected chi connectivity index (χ4v) is 3.06. The summed E-state index contributed by atoms with van der Waals surface area (Å²) in [7, 11) is 0. The molecule has 0 spiro atoms. The zero-order valence-electron chi connectivity index (χ0n) is 11.6. The third-order valence-corrected chi connectivity index (χ3v) is 4.23. The van der Waals surface area contributed by atoms with Crippen molar-refractivity contribution in [1.29, 1.82) is 0 Å². The van der Waals surface area contributed by atoms with E-state index in [0.717, 1.165) is 24.4 Å². The molecule has 1 aliphatic carbocycles. The van der Waals surface area contributed by atoms with Crippen LogP contribution in [0.15, 0.2) is 30.3 Å². The van der Waals surface area contributed by atoms with Gasteiger partial charge in [0.1, 0.15) is 6.54 Å². The average Bonchev–Trinajstić information content (AvgIpc) is 2.46. The Hall–Kier alpha value is -1.51. The summed E-state index contributed by atoms with van der Waals surface area (Å²) in [4.78, 5) is 13.2. The Morgan fingerprint density at radius 2 is 1.84 bits per heavy atom. The van der Waals surface area contributed by atoms with Gasteiger partial charge in [-0.1, -0.05) is 31.5 Å². The molecule has 0 aromatic heterocycles. The molecule has 1 aromatic rings. The van der Waals surface area contributed by atoms with Crippen LogP contribution in [-0.2, 0) is 4.79 Å². The number of carbonyl (C=O) groups is 1. The number of hydrogen-bond donors (Lipinski definition) is 1. The van der Waals surface area contributed by atoms with Gasteiger partial charge < -0.3 is 10.0 Å². The van der Waals surface area contributed by atoms with Crippen molar-refractivity contribution in [3.8, 4) is 0 Å². The second-order valence-electron chi connectivity index (χ2n) is 5.44. The van der Waals surface area contributed by atoms with Gasteiger partial charge >= 0.3 is 5.97 Å². The van der Waals surface area contributed by atoms with Crippen molar-refractivity contribution in [3.63, 3.8) is 0 Å². The van der Waals surface area contributed by atoms with Crippen molar-refractivity contribution in [2.75, 3.05) is 11.4 Å². The van der Waals surface area contributed by atoms with E-state index in [1.165, 1.54) is 19.3 Å². The van der Waals surface area contributed by atoms with Crippen molar-refractivity contribution >= 4 is 11.7 Å². The molecule has 104 valence electrons. The minimum Gasteiger partial charge on any atom is -0.480 e. The first kappa shape index (κ1) is 13.9. The number of carboxylic acid groups (broad SMARTS) is 1. The molecule has 0 bridgehead atoms. The highest BCUT2D eigenvalue weighted by molar-refractivity contribution is 5.74. The molecule has 0 radical (unpaired) electrons. The molecule has 19 heavy (non-hydrogen) atoms. The van der Waals surface area contributed by atoms with Crippen LogP contribution in [0, 0.1) is 5.92 Å². The molecule has 0 amide bonds. The van der Waals surface area contributed by atoms with Crippen LogP contribution in [0.2, 0.25) is 0 Å². The molecular weight excluding hydrogens is 238 g/mol. The van der Waals surface area contributed by atoms with Gasteiger partial charge in [0.25, 0.3) is 0 Å². The maximum Gasteiger partial charge on any atom is 0.323 e. The van der Waals surface area contributed by atoms with Gasteiger partial charge in [0, 0.05) is 11.7 Å². The van der Waals surface area contributed by atoms with Crippen LogP contribution < -0.4 is 4.90 Å². The van der Waals surface area contributed by atoms with Crippen molar-refractivity contribution in [2.24, 2.45) is 5.92 Å². The minimum absolute atomic E-state index is 0.103. The van der Waals surface area contributed by atoms with E-state index in [0.29, 0.717) is 6.04 Å². The second-order valence-corrected chi connectivity index (χ2v) is 5.44. The zero-order chi connectivity index (χ0) is 13.7. The lowest BCUT2D eigenvalue weighted by molar-refractivity contribution is -0.135. The van der Waals surface area contributed by atoms with Crippen LogP contribution in [0.25, 0.3) is 0 Å².